The monoisotopic (exact) mass is 321 g/mol. The van der Waals surface area contributed by atoms with Gasteiger partial charge in [-0.3, -0.25) is 4.79 Å². The van der Waals surface area contributed by atoms with Crippen LogP contribution in [-0.2, 0) is 4.79 Å². The lowest BCUT2D eigenvalue weighted by Crippen LogP contribution is -2.48. The van der Waals surface area contributed by atoms with Gasteiger partial charge in [0, 0.05) is 33.1 Å². The number of aromatic nitrogens is 1. The number of rotatable bonds is 3. The number of hydrogen-bond donors (Lipinski definition) is 0. The van der Waals surface area contributed by atoms with Crippen molar-refractivity contribution in [3.63, 3.8) is 0 Å². The Kier molecular flexibility index (Phi) is 4.06. The van der Waals surface area contributed by atoms with Crippen LogP contribution >= 0.6 is 11.3 Å². The maximum absolute atomic E-state index is 11.4. The number of thiazole rings is 1. The Morgan fingerprint density at radius 3 is 2.36 bits per heavy atom. The standard InChI is InChI=1S/C15H19N3O3S/c1-10(19)17-6-8-18(9-7-17)15-16-13-11(20-2)4-5-12(21-3)14(13)22-15/h4-5H,6-9H2,1-3H3. The van der Waals surface area contributed by atoms with Crippen LogP contribution in [0, 0.1) is 0 Å². The highest BCUT2D eigenvalue weighted by molar-refractivity contribution is 7.22. The minimum Gasteiger partial charge on any atom is -0.495 e. The van der Waals surface area contributed by atoms with Crippen molar-refractivity contribution in [1.82, 2.24) is 9.88 Å². The van der Waals surface area contributed by atoms with Gasteiger partial charge in [-0.15, -0.1) is 0 Å². The van der Waals surface area contributed by atoms with E-state index >= 15 is 0 Å². The number of benzene rings is 1. The van der Waals surface area contributed by atoms with Gasteiger partial charge in [0.15, 0.2) is 5.13 Å². The zero-order valence-corrected chi connectivity index (χ0v) is 13.8. The van der Waals surface area contributed by atoms with E-state index < -0.39 is 0 Å². The zero-order valence-electron chi connectivity index (χ0n) is 13.0. The van der Waals surface area contributed by atoms with E-state index in [-0.39, 0.29) is 5.91 Å². The molecule has 0 bridgehead atoms. The second kappa shape index (κ2) is 6.00. The topological polar surface area (TPSA) is 54.9 Å². The average molecular weight is 321 g/mol. The molecular formula is C15H19N3O3S. The van der Waals surface area contributed by atoms with E-state index in [0.29, 0.717) is 0 Å². The molecular weight excluding hydrogens is 302 g/mol. The molecule has 7 heteroatoms. The van der Waals surface area contributed by atoms with Crippen molar-refractivity contribution in [2.75, 3.05) is 45.3 Å². The molecule has 3 rings (SSSR count). The molecule has 0 spiro atoms. The summed E-state index contributed by atoms with van der Waals surface area (Å²) in [5, 5.41) is 0.945. The Morgan fingerprint density at radius 1 is 1.14 bits per heavy atom. The lowest BCUT2D eigenvalue weighted by molar-refractivity contribution is -0.129. The molecule has 2 aromatic rings. The molecule has 1 aliphatic heterocycles. The van der Waals surface area contributed by atoms with E-state index in [1.54, 1.807) is 32.5 Å². The van der Waals surface area contributed by atoms with Crippen LogP contribution < -0.4 is 14.4 Å². The van der Waals surface area contributed by atoms with Gasteiger partial charge in [-0.2, -0.15) is 0 Å². The third-order valence-electron chi connectivity index (χ3n) is 3.89. The van der Waals surface area contributed by atoms with Crippen molar-refractivity contribution in [3.05, 3.63) is 12.1 Å². The summed E-state index contributed by atoms with van der Waals surface area (Å²) in [6.45, 7) is 4.68. The zero-order chi connectivity index (χ0) is 15.7. The predicted molar refractivity (Wildman–Crippen MR) is 87.2 cm³/mol. The molecule has 1 aromatic carbocycles. The number of ether oxygens (including phenoxy) is 2. The SMILES string of the molecule is COc1ccc(OC)c2sc(N3CCN(C(C)=O)CC3)nc12. The molecule has 0 saturated carbocycles. The van der Waals surface area contributed by atoms with E-state index in [9.17, 15) is 4.79 Å². The molecule has 6 nitrogen and oxygen atoms in total. The fraction of sp³-hybridized carbons (Fsp3) is 0.467. The predicted octanol–water partition coefficient (Wildman–Crippen LogP) is 1.98. The van der Waals surface area contributed by atoms with Crippen LogP contribution in [0.4, 0.5) is 5.13 Å². The Morgan fingerprint density at radius 2 is 1.77 bits per heavy atom. The molecule has 0 atom stereocenters. The van der Waals surface area contributed by atoms with Gasteiger partial charge in [-0.05, 0) is 12.1 Å². The van der Waals surface area contributed by atoms with Crippen molar-refractivity contribution in [2.24, 2.45) is 0 Å². The first-order chi connectivity index (χ1) is 10.6. The quantitative estimate of drug-likeness (QED) is 0.865. The molecule has 22 heavy (non-hydrogen) atoms. The summed E-state index contributed by atoms with van der Waals surface area (Å²) < 4.78 is 11.8. The number of anilines is 1. The lowest BCUT2D eigenvalue weighted by atomic mass is 10.3. The number of carbonyl (C=O) groups is 1. The molecule has 1 fully saturated rings. The van der Waals surface area contributed by atoms with E-state index in [2.05, 4.69) is 4.90 Å². The molecule has 0 N–H and O–H groups in total. The summed E-state index contributed by atoms with van der Waals surface area (Å²) in [6, 6.07) is 3.77. The van der Waals surface area contributed by atoms with Crippen molar-refractivity contribution in [3.8, 4) is 11.5 Å². The van der Waals surface area contributed by atoms with E-state index in [0.717, 1.165) is 53.0 Å². The molecule has 1 aromatic heterocycles. The van der Waals surface area contributed by atoms with Crippen LogP contribution in [0.3, 0.4) is 0 Å². The minimum atomic E-state index is 0.132. The number of amides is 1. The van der Waals surface area contributed by atoms with Gasteiger partial charge in [0.05, 0.1) is 14.2 Å². The van der Waals surface area contributed by atoms with Crippen molar-refractivity contribution < 1.29 is 14.3 Å². The fourth-order valence-corrected chi connectivity index (χ4v) is 3.75. The summed E-state index contributed by atoms with van der Waals surface area (Å²) in [5.41, 5.74) is 0.829. The third-order valence-corrected chi connectivity index (χ3v) is 5.03. The number of carbonyl (C=O) groups excluding carboxylic acids is 1. The Labute approximate surface area is 133 Å². The Bertz CT molecular complexity index is 652. The molecule has 2 heterocycles. The highest BCUT2D eigenvalue weighted by Gasteiger charge is 2.22. The van der Waals surface area contributed by atoms with Crippen LogP contribution in [0.25, 0.3) is 10.2 Å². The van der Waals surface area contributed by atoms with Gasteiger partial charge >= 0.3 is 0 Å². The normalized spacial score (nSPS) is 15.2. The van der Waals surface area contributed by atoms with Crippen LogP contribution in [0.1, 0.15) is 6.92 Å². The maximum atomic E-state index is 11.4. The van der Waals surface area contributed by atoms with Crippen molar-refractivity contribution in [2.45, 2.75) is 6.92 Å². The van der Waals surface area contributed by atoms with Crippen LogP contribution in [-0.4, -0.2) is 56.2 Å². The first kappa shape index (κ1) is 14.9. The van der Waals surface area contributed by atoms with Gasteiger partial charge in [0.1, 0.15) is 21.7 Å². The number of methoxy groups -OCH3 is 2. The second-order valence-electron chi connectivity index (χ2n) is 5.14. The highest BCUT2D eigenvalue weighted by Crippen LogP contribution is 2.40. The second-order valence-corrected chi connectivity index (χ2v) is 6.11. The summed E-state index contributed by atoms with van der Waals surface area (Å²) in [5.74, 6) is 1.69. The van der Waals surface area contributed by atoms with Crippen LogP contribution in [0.2, 0.25) is 0 Å². The lowest BCUT2D eigenvalue weighted by Gasteiger charge is -2.33. The van der Waals surface area contributed by atoms with Gasteiger partial charge < -0.3 is 19.3 Å². The molecule has 118 valence electrons. The fourth-order valence-electron chi connectivity index (χ4n) is 2.62. The average Bonchev–Trinajstić information content (AvgIpc) is 2.99. The Hall–Kier alpha value is -2.02. The molecule has 0 radical (unpaired) electrons. The van der Waals surface area contributed by atoms with Gasteiger partial charge in [-0.25, -0.2) is 4.98 Å². The van der Waals surface area contributed by atoms with E-state index in [1.807, 2.05) is 17.0 Å². The Balaban J connectivity index is 1.91. The van der Waals surface area contributed by atoms with Crippen LogP contribution in [0.5, 0.6) is 11.5 Å². The first-order valence-electron chi connectivity index (χ1n) is 7.16. The smallest absolute Gasteiger partial charge is 0.219 e. The number of piperazine rings is 1. The number of nitrogens with zero attached hydrogens (tertiary/aromatic N) is 3. The molecule has 1 saturated heterocycles. The van der Waals surface area contributed by atoms with Gasteiger partial charge in [0.2, 0.25) is 5.91 Å². The van der Waals surface area contributed by atoms with E-state index in [4.69, 9.17) is 14.5 Å². The van der Waals surface area contributed by atoms with E-state index in [1.165, 1.54) is 0 Å². The first-order valence-corrected chi connectivity index (χ1v) is 7.97. The largest absolute Gasteiger partial charge is 0.495 e. The van der Waals surface area contributed by atoms with Crippen molar-refractivity contribution >= 4 is 32.6 Å². The molecule has 1 amide bonds. The summed E-state index contributed by atoms with van der Waals surface area (Å²) >= 11 is 1.60. The number of fused-ring (bicyclic) bond motifs is 1. The number of hydrogen-bond acceptors (Lipinski definition) is 6. The maximum Gasteiger partial charge on any atom is 0.219 e. The summed E-state index contributed by atoms with van der Waals surface area (Å²) in [4.78, 5) is 20.2. The summed E-state index contributed by atoms with van der Waals surface area (Å²) in [7, 11) is 3.30. The molecule has 0 unspecified atom stereocenters. The van der Waals surface area contributed by atoms with Crippen molar-refractivity contribution in [1.29, 1.82) is 0 Å². The molecule has 1 aliphatic rings. The van der Waals surface area contributed by atoms with Crippen LogP contribution in [0.15, 0.2) is 12.1 Å². The minimum absolute atomic E-state index is 0.132. The third kappa shape index (κ3) is 2.56. The summed E-state index contributed by atoms with van der Waals surface area (Å²) in [6.07, 6.45) is 0. The highest BCUT2D eigenvalue weighted by atomic mass is 32.1. The molecule has 0 aliphatic carbocycles. The van der Waals surface area contributed by atoms with Gasteiger partial charge in [0.25, 0.3) is 0 Å². The van der Waals surface area contributed by atoms with Gasteiger partial charge in [-0.1, -0.05) is 11.3 Å².